The van der Waals surface area contributed by atoms with Gasteiger partial charge in [0.2, 0.25) is 0 Å². The molecular formula is C12H12ClNO. The molecule has 0 N–H and O–H groups in total. The first-order chi connectivity index (χ1) is 7.13. The summed E-state index contributed by atoms with van der Waals surface area (Å²) in [5.41, 5.74) is 3.00. The number of aromatic nitrogens is 1. The average molecular weight is 222 g/mol. The van der Waals surface area contributed by atoms with Gasteiger partial charge in [-0.25, -0.2) is 0 Å². The molecule has 0 atom stereocenters. The Bertz CT molecular complexity index is 572. The molecule has 0 spiro atoms. The fourth-order valence-electron chi connectivity index (χ4n) is 1.75. The molecule has 15 heavy (non-hydrogen) atoms. The highest BCUT2D eigenvalue weighted by Crippen LogP contribution is 2.19. The Kier molecular flexibility index (Phi) is 2.53. The molecule has 0 radical (unpaired) electrons. The smallest absolute Gasteiger partial charge is 0.251 e. The van der Waals surface area contributed by atoms with E-state index in [1.807, 2.05) is 19.1 Å². The van der Waals surface area contributed by atoms with Crippen molar-refractivity contribution < 1.29 is 0 Å². The zero-order valence-electron chi connectivity index (χ0n) is 8.75. The topological polar surface area (TPSA) is 22.0 Å². The van der Waals surface area contributed by atoms with E-state index in [1.54, 1.807) is 17.7 Å². The zero-order chi connectivity index (χ0) is 11.0. The Hall–Kier alpha value is -1.28. The van der Waals surface area contributed by atoms with Gasteiger partial charge in [0.05, 0.1) is 5.52 Å². The predicted molar refractivity (Wildman–Crippen MR) is 63.5 cm³/mol. The number of fused-ring (bicyclic) bond motifs is 1. The van der Waals surface area contributed by atoms with Crippen molar-refractivity contribution in [3.05, 3.63) is 45.7 Å². The van der Waals surface area contributed by atoms with Gasteiger partial charge >= 0.3 is 0 Å². The van der Waals surface area contributed by atoms with Crippen LogP contribution in [0, 0.1) is 6.92 Å². The summed E-state index contributed by atoms with van der Waals surface area (Å²) >= 11 is 5.83. The minimum atomic E-state index is -0.0120. The third kappa shape index (κ3) is 1.65. The van der Waals surface area contributed by atoms with E-state index in [-0.39, 0.29) is 5.56 Å². The molecular weight excluding hydrogens is 210 g/mol. The lowest BCUT2D eigenvalue weighted by molar-refractivity contribution is 0.902. The standard InChI is InChI=1S/C12H12ClNO/c1-8-3-4-11-10(5-8)9(7-13)6-12(15)14(11)2/h3-6H,7H2,1-2H3. The number of aryl methyl sites for hydroxylation is 2. The Morgan fingerprint density at radius 3 is 2.73 bits per heavy atom. The maximum atomic E-state index is 11.6. The van der Waals surface area contributed by atoms with Crippen molar-refractivity contribution in [2.45, 2.75) is 12.8 Å². The lowest BCUT2D eigenvalue weighted by Crippen LogP contribution is -2.16. The van der Waals surface area contributed by atoms with Gasteiger partial charge in [-0.1, -0.05) is 11.6 Å². The summed E-state index contributed by atoms with van der Waals surface area (Å²) in [5.74, 6) is 0.371. The van der Waals surface area contributed by atoms with Gasteiger partial charge < -0.3 is 4.57 Å². The number of rotatable bonds is 1. The van der Waals surface area contributed by atoms with E-state index in [0.29, 0.717) is 5.88 Å². The minimum absolute atomic E-state index is 0.0120. The minimum Gasteiger partial charge on any atom is -0.311 e. The normalized spacial score (nSPS) is 10.9. The van der Waals surface area contributed by atoms with Crippen LogP contribution in [0.3, 0.4) is 0 Å². The van der Waals surface area contributed by atoms with Gasteiger partial charge in [0.25, 0.3) is 5.56 Å². The van der Waals surface area contributed by atoms with Crippen molar-refractivity contribution in [1.29, 1.82) is 0 Å². The Labute approximate surface area is 93.1 Å². The number of hydrogen-bond donors (Lipinski definition) is 0. The summed E-state index contributed by atoms with van der Waals surface area (Å²) in [5, 5.41) is 1.06. The van der Waals surface area contributed by atoms with E-state index >= 15 is 0 Å². The largest absolute Gasteiger partial charge is 0.311 e. The van der Waals surface area contributed by atoms with E-state index in [4.69, 9.17) is 11.6 Å². The van der Waals surface area contributed by atoms with Gasteiger partial charge in [0.15, 0.2) is 0 Å². The number of pyridine rings is 1. The maximum absolute atomic E-state index is 11.6. The molecule has 2 nitrogen and oxygen atoms in total. The van der Waals surface area contributed by atoms with Crippen LogP contribution in [0.5, 0.6) is 0 Å². The van der Waals surface area contributed by atoms with Crippen LogP contribution in [0.2, 0.25) is 0 Å². The zero-order valence-corrected chi connectivity index (χ0v) is 9.51. The molecule has 78 valence electrons. The third-order valence-corrected chi connectivity index (χ3v) is 2.92. The summed E-state index contributed by atoms with van der Waals surface area (Å²) in [6, 6.07) is 7.63. The van der Waals surface area contributed by atoms with Crippen LogP contribution in [0.4, 0.5) is 0 Å². The van der Waals surface area contributed by atoms with Crippen LogP contribution in [0.1, 0.15) is 11.1 Å². The molecule has 0 unspecified atom stereocenters. The second kappa shape index (κ2) is 3.70. The fraction of sp³-hybridized carbons (Fsp3) is 0.250. The molecule has 0 saturated heterocycles. The van der Waals surface area contributed by atoms with Crippen molar-refractivity contribution in [2.75, 3.05) is 0 Å². The van der Waals surface area contributed by atoms with Crippen LogP contribution in [-0.4, -0.2) is 4.57 Å². The van der Waals surface area contributed by atoms with Gasteiger partial charge in [-0.05, 0) is 24.6 Å². The van der Waals surface area contributed by atoms with E-state index < -0.39 is 0 Å². The molecule has 2 rings (SSSR count). The molecule has 0 bridgehead atoms. The van der Waals surface area contributed by atoms with Crippen molar-refractivity contribution in [1.82, 2.24) is 4.57 Å². The molecule has 3 heteroatoms. The highest BCUT2D eigenvalue weighted by Gasteiger charge is 2.05. The fourth-order valence-corrected chi connectivity index (χ4v) is 1.97. The Morgan fingerprint density at radius 1 is 1.33 bits per heavy atom. The van der Waals surface area contributed by atoms with Gasteiger partial charge in [-0.3, -0.25) is 4.79 Å². The quantitative estimate of drug-likeness (QED) is 0.679. The van der Waals surface area contributed by atoms with Gasteiger partial charge in [0.1, 0.15) is 0 Å². The molecule has 2 aromatic rings. The van der Waals surface area contributed by atoms with Crippen LogP contribution in [0.15, 0.2) is 29.1 Å². The summed E-state index contributed by atoms with van der Waals surface area (Å²) in [7, 11) is 1.78. The van der Waals surface area contributed by atoms with Crippen LogP contribution in [-0.2, 0) is 12.9 Å². The highest BCUT2D eigenvalue weighted by molar-refractivity contribution is 6.18. The van der Waals surface area contributed by atoms with Crippen molar-refractivity contribution in [3.63, 3.8) is 0 Å². The molecule has 1 heterocycles. The molecule has 0 amide bonds. The monoisotopic (exact) mass is 221 g/mol. The summed E-state index contributed by atoms with van der Waals surface area (Å²) in [4.78, 5) is 11.6. The van der Waals surface area contributed by atoms with E-state index in [9.17, 15) is 4.79 Å². The first-order valence-electron chi connectivity index (χ1n) is 4.78. The number of halogens is 1. The first kappa shape index (κ1) is 10.2. The van der Waals surface area contributed by atoms with E-state index in [2.05, 4.69) is 6.07 Å². The van der Waals surface area contributed by atoms with Crippen LogP contribution < -0.4 is 5.56 Å². The maximum Gasteiger partial charge on any atom is 0.251 e. The van der Waals surface area contributed by atoms with Gasteiger partial charge in [-0.15, -0.1) is 11.6 Å². The lowest BCUT2D eigenvalue weighted by atomic mass is 10.1. The highest BCUT2D eigenvalue weighted by atomic mass is 35.5. The van der Waals surface area contributed by atoms with Gasteiger partial charge in [-0.2, -0.15) is 0 Å². The molecule has 0 aliphatic heterocycles. The average Bonchev–Trinajstić information content (AvgIpc) is 2.23. The second-order valence-electron chi connectivity index (χ2n) is 3.72. The molecule has 0 fully saturated rings. The molecule has 0 aliphatic rings. The van der Waals surface area contributed by atoms with E-state index in [1.165, 1.54) is 5.56 Å². The third-order valence-electron chi connectivity index (χ3n) is 2.63. The SMILES string of the molecule is Cc1ccc2c(c1)c(CCl)cc(=O)n2C. The first-order valence-corrected chi connectivity index (χ1v) is 5.32. The lowest BCUT2D eigenvalue weighted by Gasteiger charge is -2.08. The van der Waals surface area contributed by atoms with Crippen molar-refractivity contribution >= 4 is 22.5 Å². The van der Waals surface area contributed by atoms with Crippen molar-refractivity contribution in [3.8, 4) is 0 Å². The summed E-state index contributed by atoms with van der Waals surface area (Å²) in [6.45, 7) is 2.03. The second-order valence-corrected chi connectivity index (χ2v) is 3.99. The molecule has 0 aliphatic carbocycles. The number of benzene rings is 1. The summed E-state index contributed by atoms with van der Waals surface area (Å²) in [6.07, 6.45) is 0. The number of nitrogens with zero attached hydrogens (tertiary/aromatic N) is 1. The van der Waals surface area contributed by atoms with Crippen molar-refractivity contribution in [2.24, 2.45) is 7.05 Å². The summed E-state index contributed by atoms with van der Waals surface area (Å²) < 4.78 is 1.64. The number of hydrogen-bond acceptors (Lipinski definition) is 1. The Balaban J connectivity index is 2.96. The Morgan fingerprint density at radius 2 is 2.07 bits per heavy atom. The van der Waals surface area contributed by atoms with Gasteiger partial charge in [0, 0.05) is 24.4 Å². The van der Waals surface area contributed by atoms with Crippen LogP contribution >= 0.6 is 11.6 Å². The number of alkyl halides is 1. The molecule has 1 aromatic carbocycles. The van der Waals surface area contributed by atoms with E-state index in [0.717, 1.165) is 16.5 Å². The van der Waals surface area contributed by atoms with Crippen LogP contribution in [0.25, 0.3) is 10.9 Å². The molecule has 1 aromatic heterocycles. The molecule has 0 saturated carbocycles. The predicted octanol–water partition coefficient (Wildman–Crippen LogP) is 2.59.